The zero-order valence-corrected chi connectivity index (χ0v) is 11.9. The van der Waals surface area contributed by atoms with E-state index in [1.54, 1.807) is 20.1 Å². The quantitative estimate of drug-likeness (QED) is 0.822. The van der Waals surface area contributed by atoms with Crippen molar-refractivity contribution in [1.29, 1.82) is 0 Å². The van der Waals surface area contributed by atoms with Crippen molar-refractivity contribution in [2.24, 2.45) is 0 Å². The van der Waals surface area contributed by atoms with Gasteiger partial charge in [-0.2, -0.15) is 0 Å². The number of esters is 1. The average Bonchev–Trinajstić information content (AvgIpc) is 2.49. The molecule has 0 aliphatic carbocycles. The van der Waals surface area contributed by atoms with Crippen molar-refractivity contribution in [2.45, 2.75) is 6.92 Å². The van der Waals surface area contributed by atoms with E-state index in [-0.39, 0.29) is 6.61 Å². The van der Waals surface area contributed by atoms with Gasteiger partial charge < -0.3 is 20.5 Å². The molecule has 0 spiro atoms. The number of rotatable bonds is 5. The molecule has 1 aromatic heterocycles. The Hall–Kier alpha value is -2.76. The van der Waals surface area contributed by atoms with Gasteiger partial charge in [0.05, 0.1) is 25.6 Å². The van der Waals surface area contributed by atoms with E-state index in [0.717, 1.165) is 5.69 Å². The summed E-state index contributed by atoms with van der Waals surface area (Å²) in [6.45, 7) is 2.03. The number of nitrogens with two attached hydrogens (primary N) is 1. The number of pyridine rings is 1. The van der Waals surface area contributed by atoms with Crippen LogP contribution < -0.4 is 15.8 Å². The first kappa shape index (κ1) is 14.6. The maximum atomic E-state index is 11.9. The molecule has 0 fully saturated rings. The highest BCUT2D eigenvalue weighted by Gasteiger charge is 2.15. The van der Waals surface area contributed by atoms with Crippen molar-refractivity contribution < 1.29 is 14.3 Å². The fourth-order valence-corrected chi connectivity index (χ4v) is 1.78. The maximum Gasteiger partial charge on any atom is 0.341 e. The Bertz CT molecular complexity index is 644. The largest absolute Gasteiger partial charge is 0.497 e. The molecule has 0 radical (unpaired) electrons. The second-order valence-corrected chi connectivity index (χ2v) is 4.24. The fraction of sp³-hybridized carbons (Fsp3) is 0.200. The third-order valence-electron chi connectivity index (χ3n) is 2.74. The predicted molar refractivity (Wildman–Crippen MR) is 80.9 cm³/mol. The number of aromatic nitrogens is 1. The van der Waals surface area contributed by atoms with Gasteiger partial charge in [-0.15, -0.1) is 0 Å². The third-order valence-corrected chi connectivity index (χ3v) is 2.74. The van der Waals surface area contributed by atoms with Gasteiger partial charge in [-0.1, -0.05) is 6.07 Å². The van der Waals surface area contributed by atoms with Crippen LogP contribution in [0.25, 0.3) is 0 Å². The lowest BCUT2D eigenvalue weighted by Gasteiger charge is -2.11. The van der Waals surface area contributed by atoms with E-state index >= 15 is 0 Å². The second-order valence-electron chi connectivity index (χ2n) is 4.24. The van der Waals surface area contributed by atoms with Crippen molar-refractivity contribution in [1.82, 2.24) is 4.98 Å². The summed E-state index contributed by atoms with van der Waals surface area (Å²) in [6.07, 6.45) is 1.48. The summed E-state index contributed by atoms with van der Waals surface area (Å²) in [5.41, 5.74) is 7.12. The smallest absolute Gasteiger partial charge is 0.341 e. The van der Waals surface area contributed by atoms with E-state index in [2.05, 4.69) is 10.3 Å². The molecule has 3 N–H and O–H groups in total. The first-order chi connectivity index (χ1) is 10.1. The summed E-state index contributed by atoms with van der Waals surface area (Å²) in [5.74, 6) is 0.617. The van der Waals surface area contributed by atoms with Gasteiger partial charge in [0.1, 0.15) is 17.1 Å². The molecule has 0 bridgehead atoms. The summed E-state index contributed by atoms with van der Waals surface area (Å²) in [4.78, 5) is 16.1. The van der Waals surface area contributed by atoms with Crippen molar-refractivity contribution in [2.75, 3.05) is 24.8 Å². The van der Waals surface area contributed by atoms with Crippen LogP contribution in [0.15, 0.2) is 36.5 Å². The minimum absolute atomic E-state index is 0.284. The molecule has 2 aromatic rings. The molecule has 6 heteroatoms. The van der Waals surface area contributed by atoms with Gasteiger partial charge in [0.15, 0.2) is 0 Å². The van der Waals surface area contributed by atoms with Crippen LogP contribution in [0, 0.1) is 0 Å². The van der Waals surface area contributed by atoms with E-state index < -0.39 is 5.97 Å². The molecular weight excluding hydrogens is 270 g/mol. The number of carbonyl (C=O) groups is 1. The van der Waals surface area contributed by atoms with Crippen LogP contribution in [0.3, 0.4) is 0 Å². The van der Waals surface area contributed by atoms with Crippen LogP contribution in [-0.4, -0.2) is 24.7 Å². The number of carbonyl (C=O) groups excluding carboxylic acids is 1. The molecule has 0 saturated carbocycles. The second kappa shape index (κ2) is 6.60. The first-order valence-corrected chi connectivity index (χ1v) is 6.47. The van der Waals surface area contributed by atoms with Gasteiger partial charge in [0.2, 0.25) is 0 Å². The van der Waals surface area contributed by atoms with Gasteiger partial charge in [-0.05, 0) is 25.1 Å². The number of nitrogens with zero attached hydrogens (tertiary/aromatic N) is 1. The van der Waals surface area contributed by atoms with Crippen LogP contribution in [0.5, 0.6) is 5.75 Å². The number of nitrogens with one attached hydrogen (secondary N) is 1. The number of anilines is 3. The monoisotopic (exact) mass is 287 g/mol. The van der Waals surface area contributed by atoms with Crippen molar-refractivity contribution in [3.63, 3.8) is 0 Å². The lowest BCUT2D eigenvalue weighted by atomic mass is 10.2. The Labute approximate surface area is 122 Å². The van der Waals surface area contributed by atoms with Gasteiger partial charge in [0, 0.05) is 11.8 Å². The van der Waals surface area contributed by atoms with E-state index in [0.29, 0.717) is 22.8 Å². The van der Waals surface area contributed by atoms with Gasteiger partial charge in [0.25, 0.3) is 0 Å². The lowest BCUT2D eigenvalue weighted by Crippen LogP contribution is -2.10. The van der Waals surface area contributed by atoms with Gasteiger partial charge in [-0.25, -0.2) is 9.78 Å². The predicted octanol–water partition coefficient (Wildman–Crippen LogP) is 2.59. The molecule has 0 atom stereocenters. The highest BCUT2D eigenvalue weighted by Crippen LogP contribution is 2.24. The highest BCUT2D eigenvalue weighted by atomic mass is 16.5. The van der Waals surface area contributed by atoms with Crippen LogP contribution in [-0.2, 0) is 4.74 Å². The van der Waals surface area contributed by atoms with E-state index in [1.807, 2.05) is 18.2 Å². The topological polar surface area (TPSA) is 86.5 Å². The summed E-state index contributed by atoms with van der Waals surface area (Å²) in [5, 5.41) is 3.07. The van der Waals surface area contributed by atoms with Crippen LogP contribution in [0.4, 0.5) is 17.2 Å². The summed E-state index contributed by atoms with van der Waals surface area (Å²) in [7, 11) is 1.59. The lowest BCUT2D eigenvalue weighted by molar-refractivity contribution is 0.0527. The Morgan fingerprint density at radius 1 is 1.38 bits per heavy atom. The Morgan fingerprint density at radius 2 is 2.19 bits per heavy atom. The molecule has 110 valence electrons. The molecule has 0 saturated heterocycles. The zero-order chi connectivity index (χ0) is 15.2. The number of benzene rings is 1. The number of methoxy groups -OCH3 is 1. The number of hydrogen-bond donors (Lipinski definition) is 2. The number of nitrogen functional groups attached to an aromatic ring is 1. The number of ether oxygens (including phenoxy) is 2. The Balaban J connectivity index is 2.32. The minimum atomic E-state index is -0.470. The molecule has 21 heavy (non-hydrogen) atoms. The molecule has 1 heterocycles. The summed E-state index contributed by atoms with van der Waals surface area (Å²) in [6, 6.07) is 8.84. The van der Waals surface area contributed by atoms with Crippen molar-refractivity contribution in [3.8, 4) is 5.75 Å². The minimum Gasteiger partial charge on any atom is -0.497 e. The zero-order valence-electron chi connectivity index (χ0n) is 11.9. The normalized spacial score (nSPS) is 10.0. The molecule has 0 aliphatic rings. The van der Waals surface area contributed by atoms with E-state index in [4.69, 9.17) is 15.2 Å². The first-order valence-electron chi connectivity index (χ1n) is 6.47. The molecule has 0 aliphatic heterocycles. The van der Waals surface area contributed by atoms with E-state index in [9.17, 15) is 4.79 Å². The van der Waals surface area contributed by atoms with Crippen LogP contribution >= 0.6 is 0 Å². The third kappa shape index (κ3) is 3.62. The van der Waals surface area contributed by atoms with Crippen molar-refractivity contribution in [3.05, 3.63) is 42.1 Å². The SMILES string of the molecule is CCOC(=O)c1cc(N)cnc1Nc1cccc(OC)c1. The summed E-state index contributed by atoms with van der Waals surface area (Å²) < 4.78 is 10.2. The Kier molecular flexibility index (Phi) is 4.61. The van der Waals surface area contributed by atoms with Gasteiger partial charge >= 0.3 is 5.97 Å². The molecule has 0 amide bonds. The Morgan fingerprint density at radius 3 is 2.90 bits per heavy atom. The standard InChI is InChI=1S/C15H17N3O3/c1-3-21-15(19)13-7-10(16)9-17-14(13)18-11-5-4-6-12(8-11)20-2/h4-9H,3,16H2,1-2H3,(H,17,18). The molecule has 0 unspecified atom stereocenters. The van der Waals surface area contributed by atoms with Crippen LogP contribution in [0.1, 0.15) is 17.3 Å². The van der Waals surface area contributed by atoms with E-state index in [1.165, 1.54) is 12.3 Å². The molecular formula is C15H17N3O3. The van der Waals surface area contributed by atoms with Gasteiger partial charge in [-0.3, -0.25) is 0 Å². The summed E-state index contributed by atoms with van der Waals surface area (Å²) >= 11 is 0. The molecule has 6 nitrogen and oxygen atoms in total. The maximum absolute atomic E-state index is 11.9. The van der Waals surface area contributed by atoms with Crippen LogP contribution in [0.2, 0.25) is 0 Å². The molecule has 1 aromatic carbocycles. The fourth-order valence-electron chi connectivity index (χ4n) is 1.78. The van der Waals surface area contributed by atoms with Crippen molar-refractivity contribution >= 4 is 23.2 Å². The average molecular weight is 287 g/mol. The molecule has 2 rings (SSSR count). The number of hydrogen-bond acceptors (Lipinski definition) is 6. The highest BCUT2D eigenvalue weighted by molar-refractivity contribution is 5.96.